The Hall–Kier alpha value is -2.96. The zero-order chi connectivity index (χ0) is 19.4. The molecule has 7 nitrogen and oxygen atoms in total. The molecule has 0 saturated carbocycles. The Labute approximate surface area is 157 Å². The number of aryl methyl sites for hydroxylation is 2. The molecule has 142 valence electrons. The van der Waals surface area contributed by atoms with Crippen LogP contribution < -0.4 is 10.9 Å². The average Bonchev–Trinajstić information content (AvgIpc) is 2.66. The maximum Gasteiger partial charge on any atom is 0.338 e. The first-order valence-electron chi connectivity index (χ1n) is 9.15. The summed E-state index contributed by atoms with van der Waals surface area (Å²) >= 11 is 0. The molecule has 1 aromatic carbocycles. The number of esters is 1. The second-order valence-corrected chi connectivity index (χ2v) is 6.53. The lowest BCUT2D eigenvalue weighted by Crippen LogP contribution is -2.34. The van der Waals surface area contributed by atoms with Crippen molar-refractivity contribution in [1.29, 1.82) is 0 Å². The molecule has 0 saturated heterocycles. The molecule has 1 amide bonds. The van der Waals surface area contributed by atoms with Crippen LogP contribution in [0.4, 0.5) is 5.69 Å². The summed E-state index contributed by atoms with van der Waals surface area (Å²) in [6, 6.07) is 6.44. The molecule has 1 N–H and O–H groups in total. The molecule has 0 aliphatic heterocycles. The van der Waals surface area contributed by atoms with E-state index in [-0.39, 0.29) is 18.0 Å². The SMILES string of the molecule is CCOC(=O)c1ccc(NC(=O)Cn2c(C)nc3c(c2=O)CCCC3)cc1. The summed E-state index contributed by atoms with van der Waals surface area (Å²) in [7, 11) is 0. The Morgan fingerprint density at radius 1 is 1.19 bits per heavy atom. The summed E-state index contributed by atoms with van der Waals surface area (Å²) in [4.78, 5) is 41.3. The van der Waals surface area contributed by atoms with E-state index in [1.54, 1.807) is 38.1 Å². The minimum Gasteiger partial charge on any atom is -0.462 e. The number of carbonyl (C=O) groups excluding carboxylic acids is 2. The topological polar surface area (TPSA) is 90.3 Å². The minimum atomic E-state index is -0.405. The molecule has 1 heterocycles. The molecule has 0 atom stereocenters. The van der Waals surface area contributed by atoms with Crippen molar-refractivity contribution in [2.75, 3.05) is 11.9 Å². The quantitative estimate of drug-likeness (QED) is 0.817. The highest BCUT2D eigenvalue weighted by Gasteiger charge is 2.19. The van der Waals surface area contributed by atoms with Crippen LogP contribution in [0.15, 0.2) is 29.1 Å². The van der Waals surface area contributed by atoms with Gasteiger partial charge in [0.05, 0.1) is 17.9 Å². The molecule has 0 spiro atoms. The van der Waals surface area contributed by atoms with Gasteiger partial charge in [-0.1, -0.05) is 0 Å². The molecule has 0 unspecified atom stereocenters. The molecular formula is C20H23N3O4. The molecule has 1 aliphatic carbocycles. The van der Waals surface area contributed by atoms with E-state index in [4.69, 9.17) is 4.74 Å². The fourth-order valence-corrected chi connectivity index (χ4v) is 3.24. The van der Waals surface area contributed by atoms with E-state index in [2.05, 4.69) is 10.3 Å². The zero-order valence-electron chi connectivity index (χ0n) is 15.6. The van der Waals surface area contributed by atoms with Crippen LogP contribution in [0.3, 0.4) is 0 Å². The van der Waals surface area contributed by atoms with Crippen molar-refractivity contribution in [3.8, 4) is 0 Å². The van der Waals surface area contributed by atoms with Gasteiger partial charge in [0.15, 0.2) is 0 Å². The zero-order valence-corrected chi connectivity index (χ0v) is 15.6. The number of nitrogens with zero attached hydrogens (tertiary/aromatic N) is 2. The standard InChI is InChI=1S/C20H23N3O4/c1-3-27-20(26)14-8-10-15(11-9-14)22-18(24)12-23-13(2)21-17-7-5-4-6-16(17)19(23)25/h8-11H,3-7,12H2,1-2H3,(H,22,24). The van der Waals surface area contributed by atoms with Gasteiger partial charge in [-0.25, -0.2) is 9.78 Å². The Morgan fingerprint density at radius 2 is 1.89 bits per heavy atom. The van der Waals surface area contributed by atoms with E-state index in [0.29, 0.717) is 23.7 Å². The fraction of sp³-hybridized carbons (Fsp3) is 0.400. The van der Waals surface area contributed by atoms with Crippen LogP contribution in [-0.4, -0.2) is 28.0 Å². The first-order chi connectivity index (χ1) is 13.0. The van der Waals surface area contributed by atoms with E-state index in [1.165, 1.54) is 4.57 Å². The number of benzene rings is 1. The van der Waals surface area contributed by atoms with Crippen LogP contribution >= 0.6 is 0 Å². The first-order valence-corrected chi connectivity index (χ1v) is 9.15. The lowest BCUT2D eigenvalue weighted by molar-refractivity contribution is -0.116. The number of anilines is 1. The number of hydrogen-bond acceptors (Lipinski definition) is 5. The Morgan fingerprint density at radius 3 is 2.59 bits per heavy atom. The van der Waals surface area contributed by atoms with Gasteiger partial charge in [-0.15, -0.1) is 0 Å². The van der Waals surface area contributed by atoms with E-state index >= 15 is 0 Å². The smallest absolute Gasteiger partial charge is 0.338 e. The maximum atomic E-state index is 12.7. The van der Waals surface area contributed by atoms with Gasteiger partial charge in [0.2, 0.25) is 5.91 Å². The van der Waals surface area contributed by atoms with Gasteiger partial charge in [0.1, 0.15) is 12.4 Å². The van der Waals surface area contributed by atoms with Crippen LogP contribution in [0, 0.1) is 6.92 Å². The number of fused-ring (bicyclic) bond motifs is 1. The van der Waals surface area contributed by atoms with Crippen LogP contribution in [-0.2, 0) is 28.9 Å². The number of aromatic nitrogens is 2. The molecule has 1 aliphatic rings. The molecule has 0 fully saturated rings. The van der Waals surface area contributed by atoms with Gasteiger partial charge < -0.3 is 10.1 Å². The third-order valence-corrected chi connectivity index (χ3v) is 4.61. The summed E-state index contributed by atoms with van der Waals surface area (Å²) in [5, 5.41) is 2.74. The average molecular weight is 369 g/mol. The van der Waals surface area contributed by atoms with Crippen molar-refractivity contribution in [3.05, 3.63) is 57.3 Å². The molecular weight excluding hydrogens is 346 g/mol. The molecule has 1 aromatic heterocycles. The molecule has 0 bridgehead atoms. The first kappa shape index (κ1) is 18.8. The monoisotopic (exact) mass is 369 g/mol. The van der Waals surface area contributed by atoms with Crippen molar-refractivity contribution in [2.45, 2.75) is 46.1 Å². The van der Waals surface area contributed by atoms with Crippen LogP contribution in [0.2, 0.25) is 0 Å². The van der Waals surface area contributed by atoms with Gasteiger partial charge in [0, 0.05) is 11.3 Å². The normalized spacial score (nSPS) is 13.0. The van der Waals surface area contributed by atoms with Gasteiger partial charge in [-0.05, 0) is 63.8 Å². The van der Waals surface area contributed by atoms with Crippen molar-refractivity contribution >= 4 is 17.6 Å². The molecule has 0 radical (unpaired) electrons. The second-order valence-electron chi connectivity index (χ2n) is 6.53. The van der Waals surface area contributed by atoms with E-state index in [0.717, 1.165) is 36.9 Å². The number of carbonyl (C=O) groups is 2. The highest BCUT2D eigenvalue weighted by Crippen LogP contribution is 2.16. The van der Waals surface area contributed by atoms with Gasteiger partial charge in [-0.3, -0.25) is 14.2 Å². The number of ether oxygens (including phenoxy) is 1. The number of amides is 1. The number of rotatable bonds is 5. The largest absolute Gasteiger partial charge is 0.462 e. The number of hydrogen-bond donors (Lipinski definition) is 1. The minimum absolute atomic E-state index is 0.0927. The van der Waals surface area contributed by atoms with Crippen LogP contribution in [0.5, 0.6) is 0 Å². The van der Waals surface area contributed by atoms with E-state index in [1.807, 2.05) is 0 Å². The number of nitrogens with one attached hydrogen (secondary N) is 1. The van der Waals surface area contributed by atoms with Gasteiger partial charge in [-0.2, -0.15) is 0 Å². The van der Waals surface area contributed by atoms with Crippen LogP contribution in [0.1, 0.15) is 47.2 Å². The summed E-state index contributed by atoms with van der Waals surface area (Å²) in [6.45, 7) is 3.70. The summed E-state index contributed by atoms with van der Waals surface area (Å²) in [6.07, 6.45) is 3.57. The van der Waals surface area contributed by atoms with Crippen molar-refractivity contribution < 1.29 is 14.3 Å². The molecule has 3 rings (SSSR count). The van der Waals surface area contributed by atoms with Crippen molar-refractivity contribution in [2.24, 2.45) is 0 Å². The second kappa shape index (κ2) is 8.16. The summed E-state index contributed by atoms with van der Waals surface area (Å²) in [5.41, 5.74) is 2.45. The third kappa shape index (κ3) is 4.24. The van der Waals surface area contributed by atoms with Gasteiger partial charge >= 0.3 is 5.97 Å². The van der Waals surface area contributed by atoms with E-state index < -0.39 is 5.97 Å². The Bertz CT molecular complexity index is 916. The maximum absolute atomic E-state index is 12.7. The summed E-state index contributed by atoms with van der Waals surface area (Å²) < 4.78 is 6.35. The highest BCUT2D eigenvalue weighted by molar-refractivity contribution is 5.93. The van der Waals surface area contributed by atoms with Crippen LogP contribution in [0.25, 0.3) is 0 Å². The predicted octanol–water partition coefficient (Wildman–Crippen LogP) is 2.25. The lowest BCUT2D eigenvalue weighted by atomic mass is 9.97. The molecule has 27 heavy (non-hydrogen) atoms. The van der Waals surface area contributed by atoms with Crippen molar-refractivity contribution in [1.82, 2.24) is 9.55 Å². The fourth-order valence-electron chi connectivity index (χ4n) is 3.24. The highest BCUT2D eigenvalue weighted by atomic mass is 16.5. The summed E-state index contributed by atoms with van der Waals surface area (Å²) in [5.74, 6) is -0.173. The Balaban J connectivity index is 1.71. The van der Waals surface area contributed by atoms with Gasteiger partial charge in [0.25, 0.3) is 5.56 Å². The Kier molecular flexibility index (Phi) is 5.69. The third-order valence-electron chi connectivity index (χ3n) is 4.61. The molecule has 2 aromatic rings. The predicted molar refractivity (Wildman–Crippen MR) is 101 cm³/mol. The lowest BCUT2D eigenvalue weighted by Gasteiger charge is -2.18. The molecule has 7 heteroatoms. The van der Waals surface area contributed by atoms with E-state index in [9.17, 15) is 14.4 Å². The van der Waals surface area contributed by atoms with Crippen molar-refractivity contribution in [3.63, 3.8) is 0 Å².